The standard InChI is InChI=1S/C15H14N2O3/c1-19-14-9-3-2-8-13(14)15(18)17-16-10-4-6-12-7-5-11-20-12/h2-11H,1H3,(H,17,18)/b6-4+,16-10-. The summed E-state index contributed by atoms with van der Waals surface area (Å²) >= 11 is 0. The van der Waals surface area contributed by atoms with Gasteiger partial charge in [-0.05, 0) is 36.4 Å². The van der Waals surface area contributed by atoms with Crippen molar-refractivity contribution in [3.63, 3.8) is 0 Å². The van der Waals surface area contributed by atoms with Crippen LogP contribution in [0.3, 0.4) is 0 Å². The third-order valence-electron chi connectivity index (χ3n) is 2.48. The quantitative estimate of drug-likeness (QED) is 0.671. The number of benzene rings is 1. The topological polar surface area (TPSA) is 63.8 Å². The van der Waals surface area contributed by atoms with Crippen molar-refractivity contribution in [2.45, 2.75) is 0 Å². The number of hydrogen-bond acceptors (Lipinski definition) is 4. The van der Waals surface area contributed by atoms with Crippen LogP contribution in [-0.4, -0.2) is 19.2 Å². The molecule has 0 unspecified atom stereocenters. The molecule has 0 aliphatic rings. The van der Waals surface area contributed by atoms with Crippen LogP contribution in [0.15, 0.2) is 58.3 Å². The van der Waals surface area contributed by atoms with E-state index in [1.54, 1.807) is 48.7 Å². The smallest absolute Gasteiger partial charge is 0.275 e. The minimum atomic E-state index is -0.329. The van der Waals surface area contributed by atoms with E-state index in [9.17, 15) is 4.79 Å². The zero-order chi connectivity index (χ0) is 14.2. The number of nitrogens with one attached hydrogen (secondary N) is 1. The average molecular weight is 270 g/mol. The van der Waals surface area contributed by atoms with Gasteiger partial charge in [-0.25, -0.2) is 5.43 Å². The average Bonchev–Trinajstić information content (AvgIpc) is 3.00. The number of para-hydroxylation sites is 1. The second kappa shape index (κ2) is 6.94. The molecule has 1 N–H and O–H groups in total. The number of amides is 1. The van der Waals surface area contributed by atoms with E-state index in [1.165, 1.54) is 13.3 Å². The lowest BCUT2D eigenvalue weighted by Crippen LogP contribution is -2.18. The summed E-state index contributed by atoms with van der Waals surface area (Å²) in [6.07, 6.45) is 6.45. The van der Waals surface area contributed by atoms with Gasteiger partial charge >= 0.3 is 0 Å². The summed E-state index contributed by atoms with van der Waals surface area (Å²) in [6.45, 7) is 0. The van der Waals surface area contributed by atoms with Crippen LogP contribution in [0.5, 0.6) is 5.75 Å². The van der Waals surface area contributed by atoms with Crippen LogP contribution in [0.1, 0.15) is 16.1 Å². The fraction of sp³-hybridized carbons (Fsp3) is 0.0667. The molecular formula is C15H14N2O3. The van der Waals surface area contributed by atoms with Crippen molar-refractivity contribution in [1.29, 1.82) is 0 Å². The van der Waals surface area contributed by atoms with E-state index < -0.39 is 0 Å². The van der Waals surface area contributed by atoms with Crippen molar-refractivity contribution in [3.8, 4) is 5.75 Å². The molecule has 5 heteroatoms. The van der Waals surface area contributed by atoms with Crippen LogP contribution in [0, 0.1) is 0 Å². The summed E-state index contributed by atoms with van der Waals surface area (Å²) < 4.78 is 10.2. The maximum Gasteiger partial charge on any atom is 0.275 e. The summed E-state index contributed by atoms with van der Waals surface area (Å²) in [4.78, 5) is 11.9. The van der Waals surface area contributed by atoms with Crippen molar-refractivity contribution in [3.05, 3.63) is 60.1 Å². The van der Waals surface area contributed by atoms with E-state index in [-0.39, 0.29) is 5.91 Å². The molecule has 20 heavy (non-hydrogen) atoms. The van der Waals surface area contributed by atoms with Gasteiger partial charge in [0.05, 0.1) is 18.9 Å². The van der Waals surface area contributed by atoms with E-state index in [0.717, 1.165) is 0 Å². The Morgan fingerprint density at radius 1 is 1.30 bits per heavy atom. The first-order valence-corrected chi connectivity index (χ1v) is 5.98. The molecule has 2 rings (SSSR count). The number of furan rings is 1. The molecular weight excluding hydrogens is 256 g/mol. The second-order valence-electron chi connectivity index (χ2n) is 3.79. The van der Waals surface area contributed by atoms with Crippen molar-refractivity contribution in [2.75, 3.05) is 7.11 Å². The Morgan fingerprint density at radius 2 is 2.15 bits per heavy atom. The summed E-state index contributed by atoms with van der Waals surface area (Å²) in [6, 6.07) is 10.6. The predicted molar refractivity (Wildman–Crippen MR) is 76.7 cm³/mol. The molecule has 0 saturated carbocycles. The molecule has 1 heterocycles. The number of rotatable bonds is 5. The molecule has 102 valence electrons. The van der Waals surface area contributed by atoms with E-state index >= 15 is 0 Å². The second-order valence-corrected chi connectivity index (χ2v) is 3.79. The van der Waals surface area contributed by atoms with Crippen LogP contribution in [0.4, 0.5) is 0 Å². The number of ether oxygens (including phenoxy) is 1. The molecule has 0 spiro atoms. The van der Waals surface area contributed by atoms with Gasteiger partial charge in [0.15, 0.2) is 0 Å². The van der Waals surface area contributed by atoms with Gasteiger partial charge in [-0.15, -0.1) is 0 Å². The van der Waals surface area contributed by atoms with Crippen molar-refractivity contribution in [2.24, 2.45) is 5.10 Å². The Labute approximate surface area is 116 Å². The molecule has 0 aliphatic carbocycles. The molecule has 0 atom stereocenters. The number of allylic oxidation sites excluding steroid dienone is 1. The highest BCUT2D eigenvalue weighted by molar-refractivity contribution is 5.97. The van der Waals surface area contributed by atoms with Crippen LogP contribution in [-0.2, 0) is 0 Å². The van der Waals surface area contributed by atoms with Crippen LogP contribution >= 0.6 is 0 Å². The molecule has 2 aromatic rings. The summed E-state index contributed by atoms with van der Waals surface area (Å²) in [5, 5.41) is 3.81. The molecule has 5 nitrogen and oxygen atoms in total. The van der Waals surface area contributed by atoms with E-state index in [2.05, 4.69) is 10.5 Å². The first-order valence-electron chi connectivity index (χ1n) is 5.98. The Bertz CT molecular complexity index is 616. The minimum absolute atomic E-state index is 0.329. The molecule has 1 aromatic heterocycles. The number of carbonyl (C=O) groups excluding carboxylic acids is 1. The maximum atomic E-state index is 11.9. The van der Waals surface area contributed by atoms with Crippen LogP contribution in [0.2, 0.25) is 0 Å². The number of nitrogens with zero attached hydrogens (tertiary/aromatic N) is 1. The minimum Gasteiger partial charge on any atom is -0.496 e. The van der Waals surface area contributed by atoms with Gasteiger partial charge in [0.2, 0.25) is 0 Å². The fourth-order valence-corrected chi connectivity index (χ4v) is 1.56. The molecule has 0 fully saturated rings. The zero-order valence-corrected chi connectivity index (χ0v) is 10.9. The van der Waals surface area contributed by atoms with E-state index in [0.29, 0.717) is 17.1 Å². The molecule has 1 aromatic carbocycles. The van der Waals surface area contributed by atoms with E-state index in [1.807, 2.05) is 6.07 Å². The third-order valence-corrected chi connectivity index (χ3v) is 2.48. The molecule has 1 amide bonds. The van der Waals surface area contributed by atoms with Crippen LogP contribution < -0.4 is 10.2 Å². The highest BCUT2D eigenvalue weighted by Crippen LogP contribution is 2.16. The van der Waals surface area contributed by atoms with Gasteiger partial charge in [-0.3, -0.25) is 4.79 Å². The Hall–Kier alpha value is -2.82. The highest BCUT2D eigenvalue weighted by atomic mass is 16.5. The van der Waals surface area contributed by atoms with Crippen LogP contribution in [0.25, 0.3) is 6.08 Å². The normalized spacial score (nSPS) is 11.1. The van der Waals surface area contributed by atoms with Crippen molar-refractivity contribution >= 4 is 18.2 Å². The summed E-state index contributed by atoms with van der Waals surface area (Å²) in [5.74, 6) is 0.893. The first kappa shape index (κ1) is 13.6. The first-order chi connectivity index (χ1) is 9.81. The SMILES string of the molecule is COc1ccccc1C(=O)N/N=C\C=C\c1ccco1. The summed E-state index contributed by atoms with van der Waals surface area (Å²) in [5.41, 5.74) is 2.85. The monoisotopic (exact) mass is 270 g/mol. The van der Waals surface area contributed by atoms with E-state index in [4.69, 9.17) is 9.15 Å². The largest absolute Gasteiger partial charge is 0.496 e. The molecule has 0 aliphatic heterocycles. The fourth-order valence-electron chi connectivity index (χ4n) is 1.56. The number of hydrogen-bond donors (Lipinski definition) is 1. The predicted octanol–water partition coefficient (Wildman–Crippen LogP) is 2.72. The molecule has 0 radical (unpaired) electrons. The molecule has 0 bridgehead atoms. The lowest BCUT2D eigenvalue weighted by Gasteiger charge is -2.05. The van der Waals surface area contributed by atoms with Gasteiger partial charge in [-0.2, -0.15) is 5.10 Å². The van der Waals surface area contributed by atoms with Crippen molar-refractivity contribution in [1.82, 2.24) is 5.43 Å². The Morgan fingerprint density at radius 3 is 2.90 bits per heavy atom. The van der Waals surface area contributed by atoms with Gasteiger partial charge in [0, 0.05) is 6.21 Å². The third kappa shape index (κ3) is 3.58. The lowest BCUT2D eigenvalue weighted by molar-refractivity contribution is 0.0952. The van der Waals surface area contributed by atoms with Crippen molar-refractivity contribution < 1.29 is 13.9 Å². The zero-order valence-electron chi connectivity index (χ0n) is 10.9. The lowest BCUT2D eigenvalue weighted by atomic mass is 10.2. The number of hydrazone groups is 1. The van der Waals surface area contributed by atoms with Gasteiger partial charge in [0.25, 0.3) is 5.91 Å². The van der Waals surface area contributed by atoms with Gasteiger partial charge < -0.3 is 9.15 Å². The Kier molecular flexibility index (Phi) is 4.72. The maximum absolute atomic E-state index is 11.9. The number of carbonyl (C=O) groups is 1. The summed E-state index contributed by atoms with van der Waals surface area (Å²) in [7, 11) is 1.52. The number of methoxy groups -OCH3 is 1. The highest BCUT2D eigenvalue weighted by Gasteiger charge is 2.09. The van der Waals surface area contributed by atoms with Gasteiger partial charge in [-0.1, -0.05) is 12.1 Å². The van der Waals surface area contributed by atoms with Gasteiger partial charge in [0.1, 0.15) is 11.5 Å². The molecule has 0 saturated heterocycles. The Balaban J connectivity index is 1.92.